The van der Waals surface area contributed by atoms with Crippen LogP contribution in [0.5, 0.6) is 0 Å². The summed E-state index contributed by atoms with van der Waals surface area (Å²) in [5.41, 5.74) is 5.88. The fourth-order valence-electron chi connectivity index (χ4n) is 4.54. The minimum Gasteiger partial charge on any atom is -0.368 e. The van der Waals surface area contributed by atoms with E-state index >= 15 is 0 Å². The Morgan fingerprint density at radius 2 is 1.95 bits per heavy atom. The van der Waals surface area contributed by atoms with Crippen molar-refractivity contribution >= 4 is 0 Å². The van der Waals surface area contributed by atoms with Crippen molar-refractivity contribution in [2.45, 2.75) is 57.3 Å². The summed E-state index contributed by atoms with van der Waals surface area (Å²) in [5, 5.41) is 0. The molecule has 0 radical (unpaired) electrons. The monoisotopic (exact) mass is 283 g/mol. The van der Waals surface area contributed by atoms with Crippen molar-refractivity contribution < 1.29 is 4.74 Å². The van der Waals surface area contributed by atoms with E-state index in [1.165, 1.54) is 19.5 Å². The van der Waals surface area contributed by atoms with E-state index in [1.54, 1.807) is 0 Å². The van der Waals surface area contributed by atoms with Gasteiger partial charge in [-0.15, -0.1) is 0 Å². The Hall–Kier alpha value is -0.160. The van der Waals surface area contributed by atoms with Gasteiger partial charge >= 0.3 is 0 Å². The zero-order valence-corrected chi connectivity index (χ0v) is 14.2. The highest BCUT2D eigenvalue weighted by atomic mass is 16.5. The first-order chi connectivity index (χ1) is 9.12. The number of nitrogens with zero attached hydrogens (tertiary/aromatic N) is 2. The molecule has 4 nitrogen and oxygen atoms in total. The molecule has 2 fully saturated rings. The average Bonchev–Trinajstić information content (AvgIpc) is 2.77. The van der Waals surface area contributed by atoms with Gasteiger partial charge in [0.1, 0.15) is 0 Å². The second-order valence-electron chi connectivity index (χ2n) is 8.08. The van der Waals surface area contributed by atoms with Gasteiger partial charge in [0, 0.05) is 19.6 Å². The Morgan fingerprint density at radius 3 is 2.35 bits per heavy atom. The maximum atomic E-state index is 6.32. The molecule has 2 heterocycles. The Bertz CT molecular complexity index is 356. The predicted molar refractivity (Wildman–Crippen MR) is 83.9 cm³/mol. The van der Waals surface area contributed by atoms with Gasteiger partial charge in [-0.05, 0) is 67.1 Å². The third kappa shape index (κ3) is 2.76. The molecule has 0 spiro atoms. The summed E-state index contributed by atoms with van der Waals surface area (Å²) in [7, 11) is 4.45. The third-order valence-electron chi connectivity index (χ3n) is 5.46. The zero-order valence-electron chi connectivity index (χ0n) is 14.2. The van der Waals surface area contributed by atoms with Gasteiger partial charge < -0.3 is 15.4 Å². The van der Waals surface area contributed by atoms with Crippen molar-refractivity contribution in [1.82, 2.24) is 9.80 Å². The SMILES string of the molecule is CN1CCC(CN(C)C2(CN)CC(C)(C)OC2(C)C)C1. The van der Waals surface area contributed by atoms with E-state index in [0.29, 0.717) is 6.54 Å². The largest absolute Gasteiger partial charge is 0.368 e. The van der Waals surface area contributed by atoms with E-state index in [0.717, 1.165) is 18.9 Å². The molecular weight excluding hydrogens is 250 g/mol. The highest BCUT2D eigenvalue weighted by molar-refractivity contribution is 5.12. The standard InChI is InChI=1S/C16H33N3O/c1-14(2)11-16(12-17,15(3,4)20-14)19(6)10-13-7-8-18(5)9-13/h13H,7-12,17H2,1-6H3. The summed E-state index contributed by atoms with van der Waals surface area (Å²) in [6.45, 7) is 13.0. The van der Waals surface area contributed by atoms with E-state index in [4.69, 9.17) is 10.5 Å². The number of hydrogen-bond acceptors (Lipinski definition) is 4. The first-order valence-electron chi connectivity index (χ1n) is 7.92. The quantitative estimate of drug-likeness (QED) is 0.850. The first-order valence-corrected chi connectivity index (χ1v) is 7.92. The van der Waals surface area contributed by atoms with Crippen molar-refractivity contribution in [3.63, 3.8) is 0 Å². The molecule has 20 heavy (non-hydrogen) atoms. The van der Waals surface area contributed by atoms with E-state index in [9.17, 15) is 0 Å². The van der Waals surface area contributed by atoms with Crippen molar-refractivity contribution in [2.24, 2.45) is 11.7 Å². The van der Waals surface area contributed by atoms with Crippen LogP contribution >= 0.6 is 0 Å². The van der Waals surface area contributed by atoms with Crippen molar-refractivity contribution in [3.8, 4) is 0 Å². The molecule has 2 rings (SSSR count). The number of rotatable bonds is 4. The summed E-state index contributed by atoms with van der Waals surface area (Å²) < 4.78 is 6.32. The normalized spacial score (nSPS) is 36.9. The van der Waals surface area contributed by atoms with Crippen LogP contribution < -0.4 is 5.73 Å². The predicted octanol–water partition coefficient (Wildman–Crippen LogP) is 1.54. The fourth-order valence-corrected chi connectivity index (χ4v) is 4.54. The number of likely N-dealkylation sites (tertiary alicyclic amines) is 1. The summed E-state index contributed by atoms with van der Waals surface area (Å²) in [6, 6.07) is 0. The molecule has 2 atom stereocenters. The molecule has 2 saturated heterocycles. The summed E-state index contributed by atoms with van der Waals surface area (Å²) in [5.74, 6) is 0.757. The number of likely N-dealkylation sites (N-methyl/N-ethyl adjacent to an activating group) is 1. The van der Waals surface area contributed by atoms with Gasteiger partial charge in [-0.1, -0.05) is 0 Å². The molecule has 0 amide bonds. The minimum atomic E-state index is -0.204. The average molecular weight is 283 g/mol. The molecular formula is C16H33N3O. The van der Waals surface area contributed by atoms with Gasteiger partial charge in [-0.2, -0.15) is 0 Å². The Kier molecular flexibility index (Phi) is 4.25. The molecule has 2 aliphatic rings. The lowest BCUT2D eigenvalue weighted by molar-refractivity contribution is -0.101. The van der Waals surface area contributed by atoms with Gasteiger partial charge in [0.25, 0.3) is 0 Å². The third-order valence-corrected chi connectivity index (χ3v) is 5.46. The van der Waals surface area contributed by atoms with Crippen molar-refractivity contribution in [1.29, 1.82) is 0 Å². The smallest absolute Gasteiger partial charge is 0.0829 e. The van der Waals surface area contributed by atoms with Crippen LogP contribution in [0.2, 0.25) is 0 Å². The summed E-state index contributed by atoms with van der Waals surface area (Å²) in [4.78, 5) is 4.92. The molecule has 0 bridgehead atoms. The molecule has 2 unspecified atom stereocenters. The molecule has 0 aliphatic carbocycles. The molecule has 4 heteroatoms. The second kappa shape index (κ2) is 5.24. The van der Waals surface area contributed by atoms with Crippen LogP contribution in [0, 0.1) is 5.92 Å². The second-order valence-corrected chi connectivity index (χ2v) is 8.08. The molecule has 0 aromatic rings. The summed E-state index contributed by atoms with van der Waals surface area (Å²) in [6.07, 6.45) is 2.30. The number of nitrogens with two attached hydrogens (primary N) is 1. The topological polar surface area (TPSA) is 41.7 Å². The Labute approximate surface area is 124 Å². The van der Waals surface area contributed by atoms with E-state index in [2.05, 4.69) is 51.6 Å². The minimum absolute atomic E-state index is 0.0579. The summed E-state index contributed by atoms with van der Waals surface area (Å²) >= 11 is 0. The molecule has 0 saturated carbocycles. The lowest BCUT2D eigenvalue weighted by Gasteiger charge is -2.47. The lowest BCUT2D eigenvalue weighted by Crippen LogP contribution is -2.63. The van der Waals surface area contributed by atoms with Gasteiger partial charge in [-0.25, -0.2) is 0 Å². The van der Waals surface area contributed by atoms with Gasteiger partial charge in [0.05, 0.1) is 16.7 Å². The highest BCUT2D eigenvalue weighted by Crippen LogP contribution is 2.47. The van der Waals surface area contributed by atoms with Crippen molar-refractivity contribution in [3.05, 3.63) is 0 Å². The van der Waals surface area contributed by atoms with Crippen LogP contribution in [0.4, 0.5) is 0 Å². The molecule has 118 valence electrons. The van der Waals surface area contributed by atoms with Crippen LogP contribution in [0.15, 0.2) is 0 Å². The van der Waals surface area contributed by atoms with Crippen LogP contribution in [0.25, 0.3) is 0 Å². The lowest BCUT2D eigenvalue weighted by atomic mass is 9.77. The molecule has 0 aromatic carbocycles. The van der Waals surface area contributed by atoms with Crippen molar-refractivity contribution in [2.75, 3.05) is 40.3 Å². The Morgan fingerprint density at radius 1 is 1.30 bits per heavy atom. The zero-order chi connectivity index (χ0) is 15.2. The van der Waals surface area contributed by atoms with Gasteiger partial charge in [0.15, 0.2) is 0 Å². The maximum Gasteiger partial charge on any atom is 0.0829 e. The van der Waals surface area contributed by atoms with Crippen LogP contribution in [0.3, 0.4) is 0 Å². The maximum absolute atomic E-state index is 6.32. The Balaban J connectivity index is 2.14. The van der Waals surface area contributed by atoms with Crippen LogP contribution in [-0.4, -0.2) is 66.8 Å². The van der Waals surface area contributed by atoms with E-state index in [1.807, 2.05) is 0 Å². The van der Waals surface area contributed by atoms with Crippen LogP contribution in [0.1, 0.15) is 40.5 Å². The van der Waals surface area contributed by atoms with Gasteiger partial charge in [-0.3, -0.25) is 4.90 Å². The fraction of sp³-hybridized carbons (Fsp3) is 1.00. The molecule has 0 aromatic heterocycles. The van der Waals surface area contributed by atoms with E-state index in [-0.39, 0.29) is 16.7 Å². The van der Waals surface area contributed by atoms with Crippen LogP contribution in [-0.2, 0) is 4.74 Å². The number of hydrogen-bond donors (Lipinski definition) is 1. The molecule has 2 N–H and O–H groups in total. The highest BCUT2D eigenvalue weighted by Gasteiger charge is 2.58. The number of ether oxygens (including phenoxy) is 1. The van der Waals surface area contributed by atoms with E-state index < -0.39 is 0 Å². The first kappa shape index (κ1) is 16.2. The molecule has 2 aliphatic heterocycles. The van der Waals surface area contributed by atoms with Gasteiger partial charge in [0.2, 0.25) is 0 Å².